The summed E-state index contributed by atoms with van der Waals surface area (Å²) >= 11 is 0. The zero-order valence-corrected chi connectivity index (χ0v) is 19.7. The van der Waals surface area contributed by atoms with E-state index in [1.807, 2.05) is 30.5 Å². The molecule has 2 heterocycles. The van der Waals surface area contributed by atoms with Gasteiger partial charge in [0.2, 0.25) is 0 Å². The number of rotatable bonds is 4. The van der Waals surface area contributed by atoms with Gasteiger partial charge >= 0.3 is 0 Å². The van der Waals surface area contributed by atoms with Crippen molar-refractivity contribution in [3.05, 3.63) is 103 Å². The van der Waals surface area contributed by atoms with Gasteiger partial charge in [-0.15, -0.1) is 0 Å². The van der Waals surface area contributed by atoms with E-state index >= 15 is 0 Å². The standard InChI is InChI=1S/C29H26N2Si/c1-32(2,3)27-14-11-21(12-15-27)23-9-7-22-8-10-24(19-26(22)18-23)25-13-16-29(31-20-25)28-6-4-5-17-30-28/h4-20H,1-3H3. The minimum Gasteiger partial charge on any atom is -0.255 e. The smallest absolute Gasteiger partial charge is 0.0886 e. The van der Waals surface area contributed by atoms with Gasteiger partial charge in [-0.3, -0.25) is 9.97 Å². The predicted octanol–water partition coefficient (Wildman–Crippen LogP) is 7.18. The maximum absolute atomic E-state index is 4.64. The third-order valence-corrected chi connectivity index (χ3v) is 8.01. The van der Waals surface area contributed by atoms with Crippen LogP contribution < -0.4 is 5.19 Å². The Balaban J connectivity index is 1.47. The van der Waals surface area contributed by atoms with Crippen LogP contribution in [0.2, 0.25) is 19.6 Å². The summed E-state index contributed by atoms with van der Waals surface area (Å²) in [6.07, 6.45) is 3.73. The van der Waals surface area contributed by atoms with Crippen LogP contribution in [0.1, 0.15) is 0 Å². The third-order valence-electron chi connectivity index (χ3n) is 5.95. The Morgan fingerprint density at radius 3 is 1.75 bits per heavy atom. The van der Waals surface area contributed by atoms with Crippen LogP contribution in [0, 0.1) is 0 Å². The highest BCUT2D eigenvalue weighted by Gasteiger charge is 2.15. The molecule has 0 N–H and O–H groups in total. The van der Waals surface area contributed by atoms with Crippen molar-refractivity contribution < 1.29 is 0 Å². The van der Waals surface area contributed by atoms with Crippen molar-refractivity contribution in [1.82, 2.24) is 9.97 Å². The minimum absolute atomic E-state index is 0.888. The molecule has 0 aliphatic rings. The molecule has 0 aliphatic heterocycles. The maximum Gasteiger partial charge on any atom is 0.0886 e. The van der Waals surface area contributed by atoms with E-state index in [1.54, 1.807) is 6.20 Å². The number of benzene rings is 3. The highest BCUT2D eigenvalue weighted by atomic mass is 28.3. The predicted molar refractivity (Wildman–Crippen MR) is 139 cm³/mol. The van der Waals surface area contributed by atoms with Crippen LogP contribution in [0.3, 0.4) is 0 Å². The molecule has 32 heavy (non-hydrogen) atoms. The van der Waals surface area contributed by atoms with Gasteiger partial charge in [-0.2, -0.15) is 0 Å². The second kappa shape index (κ2) is 8.17. The molecule has 3 aromatic carbocycles. The summed E-state index contributed by atoms with van der Waals surface area (Å²) in [4.78, 5) is 9.03. The molecule has 0 bridgehead atoms. The Kier molecular flexibility index (Phi) is 5.20. The molecule has 0 saturated carbocycles. The fourth-order valence-corrected chi connectivity index (χ4v) is 5.17. The summed E-state index contributed by atoms with van der Waals surface area (Å²) in [5.41, 5.74) is 6.57. The second-order valence-electron chi connectivity index (χ2n) is 9.25. The highest BCUT2D eigenvalue weighted by Crippen LogP contribution is 2.29. The van der Waals surface area contributed by atoms with Gasteiger partial charge in [0, 0.05) is 18.0 Å². The van der Waals surface area contributed by atoms with Crippen molar-refractivity contribution in [2.75, 3.05) is 0 Å². The lowest BCUT2D eigenvalue weighted by atomic mass is 9.98. The number of nitrogens with zero attached hydrogens (tertiary/aromatic N) is 2. The van der Waals surface area contributed by atoms with Crippen LogP contribution in [0.25, 0.3) is 44.4 Å². The van der Waals surface area contributed by atoms with Crippen molar-refractivity contribution in [3.63, 3.8) is 0 Å². The first-order valence-electron chi connectivity index (χ1n) is 11.0. The van der Waals surface area contributed by atoms with Gasteiger partial charge in [-0.05, 0) is 57.8 Å². The van der Waals surface area contributed by atoms with E-state index in [2.05, 4.69) is 96.3 Å². The Labute approximate surface area is 190 Å². The number of fused-ring (bicyclic) bond motifs is 1. The van der Waals surface area contributed by atoms with Crippen molar-refractivity contribution in [2.24, 2.45) is 0 Å². The van der Waals surface area contributed by atoms with Gasteiger partial charge in [-0.1, -0.05) is 85.5 Å². The molecule has 0 radical (unpaired) electrons. The van der Waals surface area contributed by atoms with Crippen molar-refractivity contribution >= 4 is 24.0 Å². The lowest BCUT2D eigenvalue weighted by Crippen LogP contribution is -2.37. The molecule has 0 fully saturated rings. The largest absolute Gasteiger partial charge is 0.255 e. The summed E-state index contributed by atoms with van der Waals surface area (Å²) in [5.74, 6) is 0. The van der Waals surface area contributed by atoms with E-state index in [1.165, 1.54) is 32.6 Å². The molecule has 5 aromatic rings. The van der Waals surface area contributed by atoms with E-state index in [4.69, 9.17) is 0 Å². The van der Waals surface area contributed by atoms with Crippen molar-refractivity contribution in [1.29, 1.82) is 0 Å². The summed E-state index contributed by atoms with van der Waals surface area (Å²) in [7, 11) is -1.28. The maximum atomic E-state index is 4.64. The molecule has 2 nitrogen and oxygen atoms in total. The molecule has 3 heteroatoms. The van der Waals surface area contributed by atoms with E-state index in [0.29, 0.717) is 0 Å². The first-order valence-corrected chi connectivity index (χ1v) is 14.5. The van der Waals surface area contributed by atoms with Crippen LogP contribution in [0.15, 0.2) is 103 Å². The summed E-state index contributed by atoms with van der Waals surface area (Å²) in [6, 6.07) is 32.5. The Morgan fingerprint density at radius 1 is 0.531 bits per heavy atom. The Morgan fingerprint density at radius 2 is 1.16 bits per heavy atom. The van der Waals surface area contributed by atoms with Crippen LogP contribution in [-0.4, -0.2) is 18.0 Å². The molecular formula is C29H26N2Si. The quantitative estimate of drug-likeness (QED) is 0.282. The fraction of sp³-hybridized carbons (Fsp3) is 0.103. The lowest BCUT2D eigenvalue weighted by Gasteiger charge is -2.17. The molecule has 2 aromatic heterocycles. The molecule has 156 valence electrons. The number of aromatic nitrogens is 2. The Bertz CT molecular complexity index is 1370. The van der Waals surface area contributed by atoms with E-state index < -0.39 is 8.07 Å². The van der Waals surface area contributed by atoms with Gasteiger partial charge in [0.25, 0.3) is 0 Å². The number of pyridine rings is 2. The van der Waals surface area contributed by atoms with E-state index in [0.717, 1.165) is 17.0 Å². The summed E-state index contributed by atoms with van der Waals surface area (Å²) in [5, 5.41) is 3.98. The van der Waals surface area contributed by atoms with Crippen LogP contribution in [-0.2, 0) is 0 Å². The zero-order valence-electron chi connectivity index (χ0n) is 18.7. The molecule has 0 amide bonds. The van der Waals surface area contributed by atoms with Gasteiger partial charge in [-0.25, -0.2) is 0 Å². The molecular weight excluding hydrogens is 404 g/mol. The van der Waals surface area contributed by atoms with Crippen LogP contribution in [0.5, 0.6) is 0 Å². The molecule has 0 unspecified atom stereocenters. The number of hydrogen-bond acceptors (Lipinski definition) is 2. The first kappa shape index (κ1) is 20.3. The SMILES string of the molecule is C[Si](C)(C)c1ccc(-c2ccc3ccc(-c4ccc(-c5ccccn5)nc4)cc3c2)cc1. The Hall–Kier alpha value is -3.56. The summed E-state index contributed by atoms with van der Waals surface area (Å²) < 4.78 is 0. The second-order valence-corrected chi connectivity index (χ2v) is 14.3. The normalized spacial score (nSPS) is 11.6. The lowest BCUT2D eigenvalue weighted by molar-refractivity contribution is 1.25. The molecule has 5 rings (SSSR count). The van der Waals surface area contributed by atoms with E-state index in [9.17, 15) is 0 Å². The average molecular weight is 431 g/mol. The highest BCUT2D eigenvalue weighted by molar-refractivity contribution is 6.88. The van der Waals surface area contributed by atoms with Crippen molar-refractivity contribution in [2.45, 2.75) is 19.6 Å². The molecule has 0 spiro atoms. The topological polar surface area (TPSA) is 25.8 Å². The number of hydrogen-bond donors (Lipinski definition) is 0. The summed E-state index contributed by atoms with van der Waals surface area (Å²) in [6.45, 7) is 7.16. The minimum atomic E-state index is -1.28. The van der Waals surface area contributed by atoms with Gasteiger partial charge in [0.05, 0.1) is 19.5 Å². The molecule has 0 saturated heterocycles. The van der Waals surface area contributed by atoms with Crippen molar-refractivity contribution in [3.8, 4) is 33.6 Å². The molecule has 0 aliphatic carbocycles. The van der Waals surface area contributed by atoms with Gasteiger partial charge in [0.15, 0.2) is 0 Å². The average Bonchev–Trinajstić information content (AvgIpc) is 2.83. The third kappa shape index (κ3) is 4.12. The monoisotopic (exact) mass is 430 g/mol. The van der Waals surface area contributed by atoms with Gasteiger partial charge < -0.3 is 0 Å². The zero-order chi connectivity index (χ0) is 22.1. The molecule has 0 atom stereocenters. The van der Waals surface area contributed by atoms with Gasteiger partial charge in [0.1, 0.15) is 0 Å². The first-order chi connectivity index (χ1) is 15.5. The van der Waals surface area contributed by atoms with Crippen LogP contribution in [0.4, 0.5) is 0 Å². The fourth-order valence-electron chi connectivity index (χ4n) is 4.00. The van der Waals surface area contributed by atoms with Crippen LogP contribution >= 0.6 is 0 Å². The van der Waals surface area contributed by atoms with E-state index in [-0.39, 0.29) is 0 Å².